The number of nitrogens with zero attached hydrogens (tertiary/aromatic N) is 2. The molecule has 0 unspecified atom stereocenters. The highest BCUT2D eigenvalue weighted by atomic mass is 79.9. The predicted molar refractivity (Wildman–Crippen MR) is 94.1 cm³/mol. The van der Waals surface area contributed by atoms with E-state index in [1.165, 1.54) is 6.20 Å². The Morgan fingerprint density at radius 1 is 1.29 bits per heavy atom. The van der Waals surface area contributed by atoms with Crippen LogP contribution in [0.4, 0.5) is 0 Å². The molecule has 1 aromatic carbocycles. The van der Waals surface area contributed by atoms with Crippen LogP contribution in [0.2, 0.25) is 0 Å². The summed E-state index contributed by atoms with van der Waals surface area (Å²) in [7, 11) is 0. The first kappa shape index (κ1) is 16.1. The molecule has 24 heavy (non-hydrogen) atoms. The van der Waals surface area contributed by atoms with Crippen molar-refractivity contribution in [3.63, 3.8) is 0 Å². The monoisotopic (exact) mass is 385 g/mol. The van der Waals surface area contributed by atoms with Crippen molar-refractivity contribution in [3.8, 4) is 0 Å². The number of pyridine rings is 1. The first-order valence-electron chi connectivity index (χ1n) is 7.03. The van der Waals surface area contributed by atoms with E-state index in [1.807, 2.05) is 6.07 Å². The van der Waals surface area contributed by atoms with Crippen LogP contribution >= 0.6 is 15.9 Å². The van der Waals surface area contributed by atoms with Crippen LogP contribution in [0.5, 0.6) is 0 Å². The van der Waals surface area contributed by atoms with Gasteiger partial charge in [-0.15, -0.1) is 0 Å². The fourth-order valence-corrected chi connectivity index (χ4v) is 2.48. The molecule has 1 N–H and O–H groups in total. The Labute approximate surface area is 145 Å². The largest absolute Gasteiger partial charge is 0.422 e. The highest BCUT2D eigenvalue weighted by Crippen LogP contribution is 2.19. The summed E-state index contributed by atoms with van der Waals surface area (Å²) < 4.78 is 6.15. The van der Waals surface area contributed by atoms with E-state index < -0.39 is 11.5 Å². The zero-order valence-electron chi connectivity index (χ0n) is 12.6. The summed E-state index contributed by atoms with van der Waals surface area (Å²) in [6, 6.07) is 10.3. The summed E-state index contributed by atoms with van der Waals surface area (Å²) in [6.07, 6.45) is 3.01. The van der Waals surface area contributed by atoms with Crippen LogP contribution < -0.4 is 11.1 Å². The lowest BCUT2D eigenvalue weighted by Gasteiger charge is -2.04. The van der Waals surface area contributed by atoms with E-state index in [9.17, 15) is 9.59 Å². The lowest BCUT2D eigenvalue weighted by atomic mass is 10.1. The van der Waals surface area contributed by atoms with Crippen molar-refractivity contribution in [2.75, 3.05) is 0 Å². The maximum absolute atomic E-state index is 12.1. The molecule has 0 spiro atoms. The van der Waals surface area contributed by atoms with Crippen molar-refractivity contribution in [1.82, 2.24) is 10.4 Å². The van der Waals surface area contributed by atoms with Crippen LogP contribution in [0.25, 0.3) is 11.0 Å². The smallest absolute Gasteiger partial charge is 0.345 e. The van der Waals surface area contributed by atoms with Gasteiger partial charge < -0.3 is 4.42 Å². The van der Waals surface area contributed by atoms with Gasteiger partial charge in [0.2, 0.25) is 0 Å². The molecule has 0 aliphatic carbocycles. The Hall–Kier alpha value is -2.80. The predicted octanol–water partition coefficient (Wildman–Crippen LogP) is 3.10. The molecule has 0 bridgehead atoms. The van der Waals surface area contributed by atoms with Crippen molar-refractivity contribution in [3.05, 3.63) is 74.8 Å². The number of benzene rings is 1. The number of nitrogens with one attached hydrogen (secondary N) is 1. The van der Waals surface area contributed by atoms with Gasteiger partial charge in [0.1, 0.15) is 5.58 Å². The molecule has 120 valence electrons. The highest BCUT2D eigenvalue weighted by Gasteiger charge is 2.10. The Morgan fingerprint density at radius 2 is 2.12 bits per heavy atom. The van der Waals surface area contributed by atoms with Gasteiger partial charge in [0, 0.05) is 22.3 Å². The lowest BCUT2D eigenvalue weighted by Crippen LogP contribution is -2.21. The molecular formula is C17H12BrN3O3. The van der Waals surface area contributed by atoms with E-state index >= 15 is 0 Å². The molecule has 1 amide bonds. The number of rotatable bonds is 3. The molecule has 6 nitrogen and oxygen atoms in total. The molecule has 7 heteroatoms. The van der Waals surface area contributed by atoms with Gasteiger partial charge in [-0.2, -0.15) is 5.10 Å². The minimum Gasteiger partial charge on any atom is -0.422 e. The van der Waals surface area contributed by atoms with Crippen LogP contribution in [0.3, 0.4) is 0 Å². The number of hydrogen-bond donors (Lipinski definition) is 1. The topological polar surface area (TPSA) is 84.6 Å². The molecule has 2 aromatic heterocycles. The fourth-order valence-electron chi connectivity index (χ4n) is 2.10. The summed E-state index contributed by atoms with van der Waals surface area (Å²) in [4.78, 5) is 27.9. The molecule has 0 atom stereocenters. The van der Waals surface area contributed by atoms with E-state index in [0.29, 0.717) is 16.9 Å². The molecule has 2 heterocycles. The third-order valence-corrected chi connectivity index (χ3v) is 3.83. The summed E-state index contributed by atoms with van der Waals surface area (Å²) in [5.74, 6) is -0.407. The number of aromatic nitrogens is 1. The molecule has 3 rings (SSSR count). The minimum atomic E-state index is -0.512. The quantitative estimate of drug-likeness (QED) is 0.426. The molecule has 3 aromatic rings. The number of carbonyl (C=O) groups is 1. The fraction of sp³-hybridized carbons (Fsp3) is 0.0588. The van der Waals surface area contributed by atoms with Gasteiger partial charge in [0.15, 0.2) is 0 Å². The summed E-state index contributed by atoms with van der Waals surface area (Å²) >= 11 is 3.38. The van der Waals surface area contributed by atoms with Crippen LogP contribution in [-0.2, 0) is 0 Å². The lowest BCUT2D eigenvalue weighted by molar-refractivity contribution is 0.0954. The molecule has 0 aliphatic heterocycles. The van der Waals surface area contributed by atoms with E-state index in [2.05, 4.69) is 31.4 Å². The highest BCUT2D eigenvalue weighted by molar-refractivity contribution is 9.10. The van der Waals surface area contributed by atoms with Crippen molar-refractivity contribution in [2.24, 2.45) is 5.10 Å². The van der Waals surface area contributed by atoms with Gasteiger partial charge in [-0.1, -0.05) is 15.9 Å². The third kappa shape index (κ3) is 3.41. The zero-order valence-corrected chi connectivity index (χ0v) is 14.2. The third-order valence-electron chi connectivity index (χ3n) is 3.33. The zero-order chi connectivity index (χ0) is 17.1. The molecule has 0 saturated carbocycles. The second-order valence-electron chi connectivity index (χ2n) is 5.01. The number of halogens is 1. The normalized spacial score (nSPS) is 11.5. The Kier molecular flexibility index (Phi) is 4.52. The molecule has 0 saturated heterocycles. The molecule has 0 aliphatic rings. The van der Waals surface area contributed by atoms with Crippen molar-refractivity contribution >= 4 is 38.5 Å². The summed E-state index contributed by atoms with van der Waals surface area (Å²) in [6.45, 7) is 1.62. The summed E-state index contributed by atoms with van der Waals surface area (Å²) in [5.41, 5.74) is 3.39. The Balaban J connectivity index is 1.90. The van der Waals surface area contributed by atoms with Crippen molar-refractivity contribution < 1.29 is 9.21 Å². The van der Waals surface area contributed by atoms with Gasteiger partial charge in [0.25, 0.3) is 5.91 Å². The van der Waals surface area contributed by atoms with E-state index in [1.54, 1.807) is 43.5 Å². The number of carbonyl (C=O) groups excluding carboxylic acids is 1. The number of hydrazone groups is 1. The Bertz CT molecular complexity index is 997. The van der Waals surface area contributed by atoms with Crippen LogP contribution in [0.1, 0.15) is 22.8 Å². The number of fused-ring (bicyclic) bond motifs is 1. The van der Waals surface area contributed by atoms with E-state index in [0.717, 1.165) is 9.86 Å². The first-order chi connectivity index (χ1) is 11.5. The number of amides is 1. The minimum absolute atomic E-state index is 0.284. The number of hydrogen-bond acceptors (Lipinski definition) is 5. The van der Waals surface area contributed by atoms with Gasteiger partial charge in [-0.25, -0.2) is 10.2 Å². The van der Waals surface area contributed by atoms with Crippen LogP contribution in [-0.4, -0.2) is 16.6 Å². The summed E-state index contributed by atoms with van der Waals surface area (Å²) in [5, 5.41) is 4.73. The van der Waals surface area contributed by atoms with Gasteiger partial charge in [-0.3, -0.25) is 9.78 Å². The van der Waals surface area contributed by atoms with Gasteiger partial charge in [-0.05, 0) is 43.3 Å². The van der Waals surface area contributed by atoms with Crippen molar-refractivity contribution in [1.29, 1.82) is 0 Å². The van der Waals surface area contributed by atoms with Gasteiger partial charge >= 0.3 is 5.63 Å². The second-order valence-corrected chi connectivity index (χ2v) is 5.93. The Morgan fingerprint density at radius 3 is 2.88 bits per heavy atom. The van der Waals surface area contributed by atoms with Crippen molar-refractivity contribution in [2.45, 2.75) is 6.92 Å². The van der Waals surface area contributed by atoms with E-state index in [-0.39, 0.29) is 5.56 Å². The molecule has 0 radical (unpaired) electrons. The van der Waals surface area contributed by atoms with Gasteiger partial charge in [0.05, 0.1) is 16.8 Å². The maximum Gasteiger partial charge on any atom is 0.345 e. The standard InChI is InChI=1S/C17H12BrN3O3/c1-10(20-21-16(22)11-3-2-6-19-9-11)14-8-12-7-13(18)4-5-15(12)24-17(14)23/h2-9H,1H3,(H,21,22)/b20-10+. The SMILES string of the molecule is C/C(=N\NC(=O)c1cccnc1)c1cc2cc(Br)ccc2oc1=O. The maximum atomic E-state index is 12.1. The average molecular weight is 386 g/mol. The average Bonchev–Trinajstić information content (AvgIpc) is 2.60. The molecule has 0 fully saturated rings. The van der Waals surface area contributed by atoms with Crippen LogP contribution in [0.15, 0.2) is 67.6 Å². The van der Waals surface area contributed by atoms with E-state index in [4.69, 9.17) is 4.42 Å². The molecular weight excluding hydrogens is 374 g/mol. The van der Waals surface area contributed by atoms with Crippen LogP contribution in [0, 0.1) is 0 Å². The second kappa shape index (κ2) is 6.76. The first-order valence-corrected chi connectivity index (χ1v) is 7.82.